The molecule has 0 spiro atoms. The number of amides is 1. The first-order valence-electron chi connectivity index (χ1n) is 8.08. The van der Waals surface area contributed by atoms with Gasteiger partial charge in [0.25, 0.3) is 0 Å². The highest BCUT2D eigenvalue weighted by Gasteiger charge is 2.24. The maximum atomic E-state index is 12.4. The molecule has 5 heteroatoms. The van der Waals surface area contributed by atoms with Crippen molar-refractivity contribution < 1.29 is 4.79 Å². The van der Waals surface area contributed by atoms with Crippen LogP contribution in [0, 0.1) is 5.92 Å². The number of carbonyl (C=O) groups excluding carboxylic acids is 1. The molecule has 0 aliphatic carbocycles. The molecule has 0 bridgehead atoms. The fourth-order valence-corrected chi connectivity index (χ4v) is 4.60. The Hall–Kier alpha value is -0.870. The average molecular weight is 339 g/mol. The predicted octanol–water partition coefficient (Wildman–Crippen LogP) is 3.52. The van der Waals surface area contributed by atoms with Crippen molar-refractivity contribution >= 4 is 35.0 Å². The highest BCUT2D eigenvalue weighted by molar-refractivity contribution is 7.99. The summed E-state index contributed by atoms with van der Waals surface area (Å²) in [5.74, 6) is 3.41. The van der Waals surface area contributed by atoms with E-state index in [1.165, 1.54) is 24.3 Å². The van der Waals surface area contributed by atoms with Crippen molar-refractivity contribution in [3.05, 3.63) is 29.3 Å². The lowest BCUT2D eigenvalue weighted by atomic mass is 9.98. The molecule has 2 fully saturated rings. The van der Waals surface area contributed by atoms with Crippen molar-refractivity contribution in [2.24, 2.45) is 5.92 Å². The minimum atomic E-state index is 0.350. The third-order valence-corrected chi connectivity index (χ3v) is 5.89. The summed E-state index contributed by atoms with van der Waals surface area (Å²) in [4.78, 5) is 16.8. The SMILES string of the molecule is O=C(CC1CCSCC1)N1CCN(c2cccc(Cl)c2)CC1. The Morgan fingerprint density at radius 1 is 1.18 bits per heavy atom. The first kappa shape index (κ1) is 16.0. The fourth-order valence-electron chi connectivity index (χ4n) is 3.21. The van der Waals surface area contributed by atoms with Crippen LogP contribution in [0.1, 0.15) is 19.3 Å². The summed E-state index contributed by atoms with van der Waals surface area (Å²) in [6.07, 6.45) is 3.16. The third kappa shape index (κ3) is 4.11. The molecule has 0 N–H and O–H groups in total. The van der Waals surface area contributed by atoms with E-state index < -0.39 is 0 Å². The molecule has 22 heavy (non-hydrogen) atoms. The topological polar surface area (TPSA) is 23.6 Å². The molecular formula is C17H23ClN2OS. The maximum absolute atomic E-state index is 12.4. The number of hydrogen-bond donors (Lipinski definition) is 0. The molecule has 0 saturated carbocycles. The number of nitrogens with zero attached hydrogens (tertiary/aromatic N) is 2. The Morgan fingerprint density at radius 3 is 2.59 bits per heavy atom. The zero-order valence-corrected chi connectivity index (χ0v) is 14.4. The standard InChI is InChI=1S/C17H23ClN2OS/c18-15-2-1-3-16(13-15)19-6-8-20(9-7-19)17(21)12-14-4-10-22-11-5-14/h1-3,13-14H,4-12H2. The molecule has 0 atom stereocenters. The Kier molecular flexibility index (Phi) is 5.53. The van der Waals surface area contributed by atoms with Gasteiger partial charge < -0.3 is 9.80 Å². The largest absolute Gasteiger partial charge is 0.368 e. The van der Waals surface area contributed by atoms with Crippen LogP contribution in [0.5, 0.6) is 0 Å². The number of piperazine rings is 1. The molecule has 1 aromatic rings. The quantitative estimate of drug-likeness (QED) is 0.842. The van der Waals surface area contributed by atoms with E-state index >= 15 is 0 Å². The summed E-state index contributed by atoms with van der Waals surface area (Å²) in [6, 6.07) is 7.96. The van der Waals surface area contributed by atoms with Gasteiger partial charge in [0.05, 0.1) is 0 Å². The molecule has 2 heterocycles. The monoisotopic (exact) mass is 338 g/mol. The van der Waals surface area contributed by atoms with Crippen molar-refractivity contribution in [1.29, 1.82) is 0 Å². The Labute approximate surface area is 142 Å². The lowest BCUT2D eigenvalue weighted by Gasteiger charge is -2.37. The van der Waals surface area contributed by atoms with Crippen LogP contribution in [0.15, 0.2) is 24.3 Å². The Morgan fingerprint density at radius 2 is 1.91 bits per heavy atom. The van der Waals surface area contributed by atoms with Gasteiger partial charge in [0.15, 0.2) is 0 Å². The minimum absolute atomic E-state index is 0.350. The zero-order valence-electron chi connectivity index (χ0n) is 12.8. The summed E-state index contributed by atoms with van der Waals surface area (Å²) < 4.78 is 0. The number of hydrogen-bond acceptors (Lipinski definition) is 3. The van der Waals surface area contributed by atoms with E-state index in [0.717, 1.165) is 43.3 Å². The highest BCUT2D eigenvalue weighted by Crippen LogP contribution is 2.26. The van der Waals surface area contributed by atoms with Gasteiger partial charge in [0, 0.05) is 43.3 Å². The Balaban J connectivity index is 1.49. The van der Waals surface area contributed by atoms with E-state index in [1.54, 1.807) is 0 Å². The summed E-state index contributed by atoms with van der Waals surface area (Å²) in [5, 5.41) is 0.770. The predicted molar refractivity (Wildman–Crippen MR) is 94.9 cm³/mol. The lowest BCUT2D eigenvalue weighted by molar-refractivity contribution is -0.132. The molecule has 1 aromatic carbocycles. The maximum Gasteiger partial charge on any atom is 0.222 e. The van der Waals surface area contributed by atoms with Gasteiger partial charge in [0.2, 0.25) is 5.91 Å². The van der Waals surface area contributed by atoms with Crippen LogP contribution in [-0.4, -0.2) is 48.5 Å². The first-order valence-corrected chi connectivity index (χ1v) is 9.61. The summed E-state index contributed by atoms with van der Waals surface area (Å²) in [6.45, 7) is 3.44. The third-order valence-electron chi connectivity index (χ3n) is 4.61. The lowest BCUT2D eigenvalue weighted by Crippen LogP contribution is -2.49. The number of rotatable bonds is 3. The van der Waals surface area contributed by atoms with Crippen LogP contribution in [0.3, 0.4) is 0 Å². The van der Waals surface area contributed by atoms with Crippen molar-refractivity contribution in [1.82, 2.24) is 4.90 Å². The van der Waals surface area contributed by atoms with E-state index in [-0.39, 0.29) is 0 Å². The van der Waals surface area contributed by atoms with Crippen molar-refractivity contribution in [2.45, 2.75) is 19.3 Å². The second kappa shape index (κ2) is 7.60. The number of halogens is 1. The van der Waals surface area contributed by atoms with Gasteiger partial charge in [-0.1, -0.05) is 17.7 Å². The van der Waals surface area contributed by atoms with Gasteiger partial charge in [-0.15, -0.1) is 0 Å². The smallest absolute Gasteiger partial charge is 0.222 e. The van der Waals surface area contributed by atoms with E-state index in [4.69, 9.17) is 11.6 Å². The molecule has 0 unspecified atom stereocenters. The first-order chi connectivity index (χ1) is 10.7. The molecule has 0 aromatic heterocycles. The summed E-state index contributed by atoms with van der Waals surface area (Å²) in [5.41, 5.74) is 1.16. The van der Waals surface area contributed by atoms with E-state index in [0.29, 0.717) is 11.8 Å². The number of benzene rings is 1. The van der Waals surface area contributed by atoms with Crippen LogP contribution >= 0.6 is 23.4 Å². The zero-order chi connectivity index (χ0) is 15.4. The molecule has 2 saturated heterocycles. The van der Waals surface area contributed by atoms with Gasteiger partial charge in [-0.3, -0.25) is 4.79 Å². The van der Waals surface area contributed by atoms with Gasteiger partial charge in [-0.2, -0.15) is 11.8 Å². The van der Waals surface area contributed by atoms with Crippen molar-refractivity contribution in [3.63, 3.8) is 0 Å². The molecule has 3 nitrogen and oxygen atoms in total. The van der Waals surface area contributed by atoms with Gasteiger partial charge in [-0.05, 0) is 48.5 Å². The fraction of sp³-hybridized carbons (Fsp3) is 0.588. The second-order valence-corrected chi connectivity index (χ2v) is 7.77. The average Bonchev–Trinajstić information content (AvgIpc) is 2.56. The molecule has 120 valence electrons. The molecule has 2 aliphatic rings. The number of carbonyl (C=O) groups is 1. The molecule has 1 amide bonds. The molecule has 3 rings (SSSR count). The van der Waals surface area contributed by atoms with Crippen molar-refractivity contribution in [3.8, 4) is 0 Å². The van der Waals surface area contributed by atoms with Crippen molar-refractivity contribution in [2.75, 3.05) is 42.6 Å². The van der Waals surface area contributed by atoms with Gasteiger partial charge in [0.1, 0.15) is 0 Å². The Bertz CT molecular complexity index is 511. The second-order valence-electron chi connectivity index (χ2n) is 6.11. The molecule has 0 radical (unpaired) electrons. The minimum Gasteiger partial charge on any atom is -0.368 e. The van der Waals surface area contributed by atoms with Crippen LogP contribution in [-0.2, 0) is 4.79 Å². The highest BCUT2D eigenvalue weighted by atomic mass is 35.5. The normalized spacial score (nSPS) is 20.2. The number of anilines is 1. The van der Waals surface area contributed by atoms with E-state index in [1.807, 2.05) is 34.9 Å². The summed E-state index contributed by atoms with van der Waals surface area (Å²) in [7, 11) is 0. The van der Waals surface area contributed by atoms with Gasteiger partial charge in [-0.25, -0.2) is 0 Å². The van der Waals surface area contributed by atoms with Crippen LogP contribution in [0.4, 0.5) is 5.69 Å². The molecular weight excluding hydrogens is 316 g/mol. The number of thioether (sulfide) groups is 1. The van der Waals surface area contributed by atoms with Crippen LogP contribution < -0.4 is 4.90 Å². The summed E-state index contributed by atoms with van der Waals surface area (Å²) >= 11 is 8.08. The van der Waals surface area contributed by atoms with E-state index in [2.05, 4.69) is 11.0 Å². The van der Waals surface area contributed by atoms with Crippen LogP contribution in [0.2, 0.25) is 5.02 Å². The van der Waals surface area contributed by atoms with Gasteiger partial charge >= 0.3 is 0 Å². The van der Waals surface area contributed by atoms with E-state index in [9.17, 15) is 4.79 Å². The van der Waals surface area contributed by atoms with Crippen LogP contribution in [0.25, 0.3) is 0 Å². The molecule has 2 aliphatic heterocycles.